The van der Waals surface area contributed by atoms with Gasteiger partial charge in [-0.05, 0) is 47.5 Å². The fourth-order valence-electron chi connectivity index (χ4n) is 6.36. The van der Waals surface area contributed by atoms with E-state index in [1.807, 2.05) is 6.07 Å². The van der Waals surface area contributed by atoms with Crippen LogP contribution in [0.5, 0.6) is 0 Å². The molecule has 4 heteroatoms. The Kier molecular flexibility index (Phi) is 5.68. The van der Waals surface area contributed by atoms with Crippen LogP contribution in [-0.4, -0.2) is 14.5 Å². The third-order valence-electron chi connectivity index (χ3n) is 8.41. The van der Waals surface area contributed by atoms with Gasteiger partial charge in [-0.15, -0.1) is 11.3 Å². The molecule has 3 heterocycles. The van der Waals surface area contributed by atoms with Crippen molar-refractivity contribution in [3.63, 3.8) is 0 Å². The molecule has 0 spiro atoms. The molecule has 0 aliphatic carbocycles. The Morgan fingerprint density at radius 3 is 1.98 bits per heavy atom. The number of aromatic nitrogens is 3. The van der Waals surface area contributed by atoms with Crippen molar-refractivity contribution < 1.29 is 0 Å². The third-order valence-corrected chi connectivity index (χ3v) is 9.58. The molecule has 0 unspecified atom stereocenters. The van der Waals surface area contributed by atoms with E-state index < -0.39 is 0 Å². The van der Waals surface area contributed by atoms with Crippen LogP contribution in [0.2, 0.25) is 0 Å². The molecule has 0 fully saturated rings. The first kappa shape index (κ1) is 25.0. The standard InChI is InChI=1S/C40H25N3S/c1-3-12-26(13-4-1)28-22-23-35-33(25-28)31-18-7-9-20-34(31)43(35)30-17-11-16-29(24-30)40-41-37(27-14-5-2-6-15-27)39-38(42-40)32-19-8-10-21-36(32)44-39/h1-25H. The molecule has 0 aliphatic heterocycles. The minimum Gasteiger partial charge on any atom is -0.309 e. The lowest BCUT2D eigenvalue weighted by molar-refractivity contribution is 1.17. The summed E-state index contributed by atoms with van der Waals surface area (Å²) in [5.74, 6) is 0.730. The number of fused-ring (bicyclic) bond motifs is 6. The average Bonchev–Trinajstić information content (AvgIpc) is 3.64. The van der Waals surface area contributed by atoms with Crippen LogP contribution in [0.1, 0.15) is 0 Å². The third kappa shape index (κ3) is 3.96. The highest BCUT2D eigenvalue weighted by Crippen LogP contribution is 2.40. The fourth-order valence-corrected chi connectivity index (χ4v) is 7.51. The molecule has 0 radical (unpaired) electrons. The van der Waals surface area contributed by atoms with Crippen molar-refractivity contribution in [2.75, 3.05) is 0 Å². The lowest BCUT2D eigenvalue weighted by Gasteiger charge is -2.11. The van der Waals surface area contributed by atoms with Gasteiger partial charge in [0.1, 0.15) is 0 Å². The monoisotopic (exact) mass is 579 g/mol. The molecule has 0 saturated carbocycles. The molecule has 206 valence electrons. The Labute approximate surface area is 258 Å². The highest BCUT2D eigenvalue weighted by Gasteiger charge is 2.18. The highest BCUT2D eigenvalue weighted by atomic mass is 32.1. The van der Waals surface area contributed by atoms with Crippen molar-refractivity contribution >= 4 is 53.4 Å². The summed E-state index contributed by atoms with van der Waals surface area (Å²) in [6, 6.07) is 53.6. The number of thiophene rings is 1. The average molecular weight is 580 g/mol. The maximum atomic E-state index is 5.22. The Morgan fingerprint density at radius 2 is 1.14 bits per heavy atom. The van der Waals surface area contributed by atoms with Crippen molar-refractivity contribution in [2.45, 2.75) is 0 Å². The SMILES string of the molecule is c1ccc(-c2ccc3c(c2)c2ccccc2n3-c2cccc(-c3nc(-c4ccccc4)c4sc5ccccc5c4n3)c2)cc1. The van der Waals surface area contributed by atoms with Gasteiger partial charge in [-0.2, -0.15) is 0 Å². The second kappa shape index (κ2) is 10.0. The van der Waals surface area contributed by atoms with Crippen LogP contribution < -0.4 is 0 Å². The van der Waals surface area contributed by atoms with Gasteiger partial charge in [-0.1, -0.05) is 115 Å². The molecule has 9 rings (SSSR count). The molecule has 0 amide bonds. The number of para-hydroxylation sites is 1. The van der Waals surface area contributed by atoms with Crippen LogP contribution in [0, 0.1) is 0 Å². The number of benzene rings is 6. The first-order valence-corrected chi connectivity index (χ1v) is 15.6. The minimum atomic E-state index is 0.730. The zero-order valence-electron chi connectivity index (χ0n) is 23.7. The van der Waals surface area contributed by atoms with Gasteiger partial charge >= 0.3 is 0 Å². The van der Waals surface area contributed by atoms with E-state index in [9.17, 15) is 0 Å². The van der Waals surface area contributed by atoms with E-state index in [1.54, 1.807) is 11.3 Å². The molecule has 3 aromatic heterocycles. The molecule has 0 saturated heterocycles. The second-order valence-electron chi connectivity index (χ2n) is 11.0. The van der Waals surface area contributed by atoms with Crippen LogP contribution in [0.4, 0.5) is 0 Å². The molecule has 0 aliphatic rings. The van der Waals surface area contributed by atoms with Crippen LogP contribution in [-0.2, 0) is 0 Å². The predicted octanol–water partition coefficient (Wildman–Crippen LogP) is 10.9. The van der Waals surface area contributed by atoms with Crippen LogP contribution in [0.15, 0.2) is 152 Å². The zero-order chi connectivity index (χ0) is 29.0. The molecular formula is C40H25N3S. The van der Waals surface area contributed by atoms with Gasteiger partial charge in [0.05, 0.1) is 26.9 Å². The number of hydrogen-bond acceptors (Lipinski definition) is 3. The normalized spacial score (nSPS) is 11.6. The van der Waals surface area contributed by atoms with Gasteiger partial charge in [-0.25, -0.2) is 9.97 Å². The van der Waals surface area contributed by atoms with E-state index in [0.717, 1.165) is 38.5 Å². The topological polar surface area (TPSA) is 30.7 Å². The molecule has 9 aromatic rings. The maximum absolute atomic E-state index is 5.22. The molecule has 44 heavy (non-hydrogen) atoms. The largest absolute Gasteiger partial charge is 0.309 e. The van der Waals surface area contributed by atoms with Crippen molar-refractivity contribution in [2.24, 2.45) is 0 Å². The molecule has 3 nitrogen and oxygen atoms in total. The summed E-state index contributed by atoms with van der Waals surface area (Å²) < 4.78 is 4.70. The van der Waals surface area contributed by atoms with E-state index >= 15 is 0 Å². The van der Waals surface area contributed by atoms with Crippen LogP contribution in [0.3, 0.4) is 0 Å². The summed E-state index contributed by atoms with van der Waals surface area (Å²) in [6.07, 6.45) is 0. The highest BCUT2D eigenvalue weighted by molar-refractivity contribution is 7.26. The smallest absolute Gasteiger partial charge is 0.160 e. The van der Waals surface area contributed by atoms with Crippen molar-refractivity contribution in [3.8, 4) is 39.5 Å². The Bertz CT molecular complexity index is 2490. The van der Waals surface area contributed by atoms with Gasteiger partial charge in [0, 0.05) is 37.7 Å². The summed E-state index contributed by atoms with van der Waals surface area (Å²) in [5, 5.41) is 3.64. The lowest BCUT2D eigenvalue weighted by atomic mass is 10.0. The van der Waals surface area contributed by atoms with E-state index in [2.05, 4.69) is 150 Å². The second-order valence-corrected chi connectivity index (χ2v) is 12.1. The van der Waals surface area contributed by atoms with E-state index in [1.165, 1.54) is 43.0 Å². The Hall–Kier alpha value is -5.58. The Morgan fingerprint density at radius 1 is 0.455 bits per heavy atom. The predicted molar refractivity (Wildman–Crippen MR) is 186 cm³/mol. The molecular weight excluding hydrogens is 555 g/mol. The molecule has 0 atom stereocenters. The Balaban J connectivity index is 1.26. The number of rotatable bonds is 4. The van der Waals surface area contributed by atoms with Gasteiger partial charge in [0.25, 0.3) is 0 Å². The summed E-state index contributed by atoms with van der Waals surface area (Å²) >= 11 is 1.76. The molecule has 0 bridgehead atoms. The number of nitrogens with zero attached hydrogens (tertiary/aromatic N) is 3. The quantitative estimate of drug-likeness (QED) is 0.208. The molecule has 0 N–H and O–H groups in total. The van der Waals surface area contributed by atoms with Crippen molar-refractivity contribution in [1.29, 1.82) is 0 Å². The first-order valence-electron chi connectivity index (χ1n) is 14.8. The maximum Gasteiger partial charge on any atom is 0.160 e. The van der Waals surface area contributed by atoms with E-state index in [-0.39, 0.29) is 0 Å². The van der Waals surface area contributed by atoms with Crippen molar-refractivity contribution in [3.05, 3.63) is 152 Å². The van der Waals surface area contributed by atoms with Gasteiger partial charge in [0.15, 0.2) is 5.82 Å². The van der Waals surface area contributed by atoms with E-state index in [4.69, 9.17) is 9.97 Å². The summed E-state index contributed by atoms with van der Waals surface area (Å²) in [6.45, 7) is 0. The van der Waals surface area contributed by atoms with Crippen molar-refractivity contribution in [1.82, 2.24) is 14.5 Å². The fraction of sp³-hybridized carbons (Fsp3) is 0. The van der Waals surface area contributed by atoms with Gasteiger partial charge < -0.3 is 4.57 Å². The summed E-state index contributed by atoms with van der Waals surface area (Å²) in [5.41, 5.74) is 9.94. The number of hydrogen-bond donors (Lipinski definition) is 0. The van der Waals surface area contributed by atoms with Gasteiger partial charge in [-0.3, -0.25) is 0 Å². The van der Waals surface area contributed by atoms with Gasteiger partial charge in [0.2, 0.25) is 0 Å². The minimum absolute atomic E-state index is 0.730. The zero-order valence-corrected chi connectivity index (χ0v) is 24.5. The molecule has 6 aromatic carbocycles. The summed E-state index contributed by atoms with van der Waals surface area (Å²) in [7, 11) is 0. The van der Waals surface area contributed by atoms with E-state index in [0.29, 0.717) is 0 Å². The van der Waals surface area contributed by atoms with Crippen LogP contribution >= 0.6 is 11.3 Å². The summed E-state index contributed by atoms with van der Waals surface area (Å²) in [4.78, 5) is 10.4. The van der Waals surface area contributed by atoms with Crippen LogP contribution in [0.25, 0.3) is 81.6 Å². The lowest BCUT2D eigenvalue weighted by Crippen LogP contribution is -1.97. The first-order chi connectivity index (χ1) is 21.8.